The quantitative estimate of drug-likeness (QED) is 0.495. The van der Waals surface area contributed by atoms with Gasteiger partial charge in [0, 0.05) is 32.6 Å². The van der Waals surface area contributed by atoms with Crippen molar-refractivity contribution in [3.8, 4) is 6.07 Å². The summed E-state index contributed by atoms with van der Waals surface area (Å²) in [6.07, 6.45) is 2.99. The van der Waals surface area contributed by atoms with E-state index in [9.17, 15) is 10.1 Å². The summed E-state index contributed by atoms with van der Waals surface area (Å²) in [5.41, 5.74) is 8.57. The second-order valence-corrected chi connectivity index (χ2v) is 10.5. The van der Waals surface area contributed by atoms with Gasteiger partial charge in [0.1, 0.15) is 0 Å². The van der Waals surface area contributed by atoms with Crippen molar-refractivity contribution in [3.05, 3.63) is 108 Å². The molecule has 0 aliphatic carbocycles. The van der Waals surface area contributed by atoms with Crippen LogP contribution in [0.3, 0.4) is 0 Å². The van der Waals surface area contributed by atoms with Gasteiger partial charge < -0.3 is 10.6 Å². The van der Waals surface area contributed by atoms with E-state index < -0.39 is 11.0 Å². The van der Waals surface area contributed by atoms with Crippen molar-refractivity contribution in [3.63, 3.8) is 0 Å². The first-order valence-corrected chi connectivity index (χ1v) is 13.4. The van der Waals surface area contributed by atoms with Crippen LogP contribution in [0.15, 0.2) is 91.0 Å². The van der Waals surface area contributed by atoms with Gasteiger partial charge in [0.25, 0.3) is 0 Å². The monoisotopic (exact) mass is 492 g/mol. The fourth-order valence-electron chi connectivity index (χ4n) is 6.77. The third kappa shape index (κ3) is 4.80. The number of nitrogens with two attached hydrogens (primary N) is 1. The number of carbonyl (C=O) groups excluding carboxylic acids is 1. The smallest absolute Gasteiger partial charge is 0.217 e. The van der Waals surface area contributed by atoms with Gasteiger partial charge in [0.15, 0.2) is 0 Å². The number of nitriles is 1. The zero-order valence-electron chi connectivity index (χ0n) is 21.4. The lowest BCUT2D eigenvalue weighted by atomic mass is 9.72. The topological polar surface area (TPSA) is 73.4 Å². The van der Waals surface area contributed by atoms with Crippen molar-refractivity contribution in [1.82, 2.24) is 9.80 Å². The molecule has 2 saturated heterocycles. The van der Waals surface area contributed by atoms with Crippen LogP contribution >= 0.6 is 0 Å². The Morgan fingerprint density at radius 1 is 0.811 bits per heavy atom. The highest BCUT2D eigenvalue weighted by Gasteiger charge is 2.51. The standard InChI is InChI=1S/C32H36N4O/c33-25-31(26-10-4-1-5-11-26)17-20-35(21-18-31)22-23-36-19-16-29(24-30(34)37)32(36,27-12-6-2-7-13-27)28-14-8-3-9-15-28/h1-15,29H,16-24H2,(H2,34,37). The van der Waals surface area contributed by atoms with Gasteiger partial charge in [0.2, 0.25) is 5.91 Å². The Morgan fingerprint density at radius 2 is 1.32 bits per heavy atom. The van der Waals surface area contributed by atoms with Crippen LogP contribution in [-0.4, -0.2) is 48.4 Å². The number of nitrogens with zero attached hydrogens (tertiary/aromatic N) is 3. The van der Waals surface area contributed by atoms with Crippen LogP contribution < -0.4 is 5.73 Å². The number of primary amides is 1. The van der Waals surface area contributed by atoms with Gasteiger partial charge >= 0.3 is 0 Å². The van der Waals surface area contributed by atoms with Crippen LogP contribution in [-0.2, 0) is 15.7 Å². The average molecular weight is 493 g/mol. The van der Waals surface area contributed by atoms with Crippen molar-refractivity contribution >= 4 is 5.91 Å². The van der Waals surface area contributed by atoms with E-state index in [0.717, 1.165) is 57.5 Å². The van der Waals surface area contributed by atoms with Crippen LogP contribution in [0.1, 0.15) is 42.4 Å². The van der Waals surface area contributed by atoms with Crippen molar-refractivity contribution in [2.45, 2.75) is 36.6 Å². The first kappa shape index (κ1) is 25.2. The number of hydrogen-bond acceptors (Lipinski definition) is 4. The molecular weight excluding hydrogens is 456 g/mol. The first-order chi connectivity index (χ1) is 18.1. The molecule has 5 nitrogen and oxygen atoms in total. The molecule has 3 aromatic rings. The van der Waals surface area contributed by atoms with E-state index in [2.05, 4.69) is 76.5 Å². The molecule has 0 spiro atoms. The maximum atomic E-state index is 12.2. The van der Waals surface area contributed by atoms with Gasteiger partial charge in [-0.25, -0.2) is 0 Å². The number of amides is 1. The summed E-state index contributed by atoms with van der Waals surface area (Å²) in [5.74, 6) is -0.131. The van der Waals surface area contributed by atoms with E-state index in [1.165, 1.54) is 11.1 Å². The van der Waals surface area contributed by atoms with Crippen LogP contribution in [0.2, 0.25) is 0 Å². The Labute approximate surface area is 220 Å². The van der Waals surface area contributed by atoms with E-state index in [4.69, 9.17) is 5.73 Å². The van der Waals surface area contributed by atoms with Crippen LogP contribution in [0, 0.1) is 17.2 Å². The minimum atomic E-state index is -0.395. The van der Waals surface area contributed by atoms with Crippen molar-refractivity contribution in [2.75, 3.05) is 32.7 Å². The third-order valence-electron chi connectivity index (χ3n) is 8.65. The van der Waals surface area contributed by atoms with Gasteiger partial charge in [-0.15, -0.1) is 0 Å². The Kier molecular flexibility index (Phi) is 7.41. The van der Waals surface area contributed by atoms with Crippen molar-refractivity contribution in [1.29, 1.82) is 5.26 Å². The molecule has 0 saturated carbocycles. The maximum Gasteiger partial charge on any atom is 0.217 e. The van der Waals surface area contributed by atoms with Crippen molar-refractivity contribution in [2.24, 2.45) is 11.7 Å². The summed E-state index contributed by atoms with van der Waals surface area (Å²) in [5, 5.41) is 10.1. The van der Waals surface area contributed by atoms with Gasteiger partial charge in [-0.3, -0.25) is 9.69 Å². The van der Waals surface area contributed by atoms with Crippen molar-refractivity contribution < 1.29 is 4.79 Å². The Morgan fingerprint density at radius 3 is 1.81 bits per heavy atom. The number of carbonyl (C=O) groups is 1. The zero-order valence-corrected chi connectivity index (χ0v) is 21.4. The van der Waals surface area contributed by atoms with Crippen LogP contribution in [0.5, 0.6) is 0 Å². The fourth-order valence-corrected chi connectivity index (χ4v) is 6.77. The summed E-state index contributed by atoms with van der Waals surface area (Å²) in [4.78, 5) is 17.3. The number of likely N-dealkylation sites (tertiary alicyclic amines) is 2. The van der Waals surface area contributed by atoms with Crippen LogP contribution in [0.25, 0.3) is 0 Å². The molecule has 37 heavy (non-hydrogen) atoms. The summed E-state index contributed by atoms with van der Waals surface area (Å²) in [6.45, 7) is 4.56. The molecule has 2 aliphatic rings. The highest BCUT2D eigenvalue weighted by molar-refractivity contribution is 5.74. The second kappa shape index (κ2) is 10.9. The molecular formula is C32H36N4O. The van der Waals surface area contributed by atoms with E-state index in [-0.39, 0.29) is 11.8 Å². The maximum absolute atomic E-state index is 12.2. The lowest BCUT2D eigenvalue weighted by molar-refractivity contribution is -0.119. The third-order valence-corrected chi connectivity index (χ3v) is 8.65. The highest BCUT2D eigenvalue weighted by atomic mass is 16.1. The molecule has 1 amide bonds. The molecule has 5 rings (SSSR count). The SMILES string of the molecule is N#CC1(c2ccccc2)CCN(CCN2CCC(CC(N)=O)C2(c2ccccc2)c2ccccc2)CC1. The van der Waals surface area contributed by atoms with E-state index in [0.29, 0.717) is 6.42 Å². The van der Waals surface area contributed by atoms with E-state index in [1.807, 2.05) is 30.3 Å². The Bertz CT molecular complexity index is 1170. The predicted molar refractivity (Wildman–Crippen MR) is 147 cm³/mol. The molecule has 1 unspecified atom stereocenters. The summed E-state index contributed by atoms with van der Waals surface area (Å²) < 4.78 is 0. The molecule has 1 atom stereocenters. The van der Waals surface area contributed by atoms with E-state index in [1.54, 1.807) is 0 Å². The fraction of sp³-hybridized carbons (Fsp3) is 0.375. The van der Waals surface area contributed by atoms with Gasteiger partial charge in [-0.1, -0.05) is 91.0 Å². The first-order valence-electron chi connectivity index (χ1n) is 13.4. The minimum absolute atomic E-state index is 0.112. The number of piperidine rings is 1. The lowest BCUT2D eigenvalue weighted by Gasteiger charge is -2.45. The zero-order chi connectivity index (χ0) is 25.7. The van der Waals surface area contributed by atoms with E-state index >= 15 is 0 Å². The molecule has 5 heteroatoms. The predicted octanol–water partition coefficient (Wildman–Crippen LogP) is 4.68. The molecule has 0 bridgehead atoms. The number of benzene rings is 3. The molecule has 0 aromatic heterocycles. The second-order valence-electron chi connectivity index (χ2n) is 10.5. The van der Waals surface area contributed by atoms with Gasteiger partial charge in [-0.05, 0) is 48.4 Å². The molecule has 2 aliphatic heterocycles. The number of hydrogen-bond donors (Lipinski definition) is 1. The normalized spacial score (nSPS) is 21.3. The molecule has 3 aromatic carbocycles. The number of rotatable bonds is 8. The largest absolute Gasteiger partial charge is 0.370 e. The Balaban J connectivity index is 1.39. The molecule has 0 radical (unpaired) electrons. The highest BCUT2D eigenvalue weighted by Crippen LogP contribution is 2.49. The lowest BCUT2D eigenvalue weighted by Crippen LogP contribution is -2.51. The minimum Gasteiger partial charge on any atom is -0.370 e. The summed E-state index contributed by atoms with van der Waals surface area (Å²) >= 11 is 0. The molecule has 2 fully saturated rings. The molecule has 190 valence electrons. The average Bonchev–Trinajstić information content (AvgIpc) is 3.31. The molecule has 2 N–H and O–H groups in total. The van der Waals surface area contributed by atoms with Gasteiger partial charge in [-0.2, -0.15) is 5.26 Å². The van der Waals surface area contributed by atoms with Crippen LogP contribution in [0.4, 0.5) is 0 Å². The summed E-state index contributed by atoms with van der Waals surface area (Å²) in [7, 11) is 0. The Hall–Kier alpha value is -3.46. The summed E-state index contributed by atoms with van der Waals surface area (Å²) in [6, 6.07) is 34.2. The van der Waals surface area contributed by atoms with Gasteiger partial charge in [0.05, 0.1) is 17.0 Å². The molecule has 2 heterocycles.